The third-order valence-corrected chi connectivity index (χ3v) is 8.05. The number of methoxy groups -OCH3 is 1. The molecule has 3 rings (SSSR count). The molecule has 1 N–H and O–H groups in total. The van der Waals surface area contributed by atoms with E-state index in [2.05, 4.69) is 5.32 Å². The van der Waals surface area contributed by atoms with Crippen molar-refractivity contribution in [3.05, 3.63) is 94.5 Å². The van der Waals surface area contributed by atoms with E-state index in [-0.39, 0.29) is 41.2 Å². The van der Waals surface area contributed by atoms with Crippen LogP contribution in [0.15, 0.2) is 83.8 Å². The summed E-state index contributed by atoms with van der Waals surface area (Å²) < 4.78 is 33.8. The number of amides is 2. The molecule has 12 heteroatoms. The first kappa shape index (κ1) is 31.1. The summed E-state index contributed by atoms with van der Waals surface area (Å²) in [6, 6.07) is 18.4. The van der Waals surface area contributed by atoms with Crippen LogP contribution in [0.1, 0.15) is 32.8 Å². The molecular formula is C29H34N4O7S. The molecular weight excluding hydrogens is 548 g/mol. The maximum atomic E-state index is 14.0. The standard InChI is InChI=1S/C29H34N4O7S/c1-5-27(29(35)30-21(2)3)31(19-22-10-9-11-25(18-22)40-4)28(34)20-32(23-14-16-24(17-15-23)33(36)37)41(38,39)26-12-7-6-8-13-26/h6-18,21,27H,5,19-20H2,1-4H3,(H,30,35)/t27-/m0/s1. The number of hydrogen-bond acceptors (Lipinski definition) is 7. The van der Waals surface area contributed by atoms with E-state index in [0.717, 1.165) is 4.31 Å². The number of rotatable bonds is 13. The van der Waals surface area contributed by atoms with E-state index < -0.39 is 33.4 Å². The average Bonchev–Trinajstić information content (AvgIpc) is 2.95. The minimum absolute atomic E-state index is 0.0134. The van der Waals surface area contributed by atoms with Crippen molar-refractivity contribution in [2.24, 2.45) is 0 Å². The SMILES string of the molecule is CC[C@@H](C(=O)NC(C)C)N(Cc1cccc(OC)c1)C(=O)CN(c1ccc([N+](=O)[O-])cc1)S(=O)(=O)c1ccccc1. The van der Waals surface area contributed by atoms with Crippen LogP contribution < -0.4 is 14.4 Å². The molecule has 0 heterocycles. The molecule has 0 spiro atoms. The maximum Gasteiger partial charge on any atom is 0.269 e. The Hall–Kier alpha value is -4.45. The van der Waals surface area contributed by atoms with Crippen LogP contribution in [-0.4, -0.2) is 55.8 Å². The number of ether oxygens (including phenoxy) is 1. The minimum Gasteiger partial charge on any atom is -0.497 e. The fourth-order valence-electron chi connectivity index (χ4n) is 4.26. The Bertz CT molecular complexity index is 1460. The van der Waals surface area contributed by atoms with Crippen molar-refractivity contribution < 1.29 is 27.7 Å². The number of anilines is 1. The number of sulfonamides is 1. The lowest BCUT2D eigenvalue weighted by molar-refractivity contribution is -0.384. The van der Waals surface area contributed by atoms with Gasteiger partial charge in [-0.05, 0) is 62.2 Å². The van der Waals surface area contributed by atoms with Gasteiger partial charge >= 0.3 is 0 Å². The quantitative estimate of drug-likeness (QED) is 0.236. The van der Waals surface area contributed by atoms with Crippen LogP contribution in [-0.2, 0) is 26.2 Å². The molecule has 3 aromatic carbocycles. The molecule has 0 fully saturated rings. The van der Waals surface area contributed by atoms with Gasteiger partial charge in [0.1, 0.15) is 18.3 Å². The fourth-order valence-corrected chi connectivity index (χ4v) is 5.69. The monoisotopic (exact) mass is 582 g/mol. The van der Waals surface area contributed by atoms with E-state index in [1.54, 1.807) is 49.4 Å². The Morgan fingerprint density at radius 3 is 2.22 bits per heavy atom. The zero-order valence-electron chi connectivity index (χ0n) is 23.4. The van der Waals surface area contributed by atoms with Gasteiger partial charge in [0.05, 0.1) is 22.6 Å². The number of nitrogens with one attached hydrogen (secondary N) is 1. The topological polar surface area (TPSA) is 139 Å². The summed E-state index contributed by atoms with van der Waals surface area (Å²) in [7, 11) is -2.76. The maximum absolute atomic E-state index is 14.0. The lowest BCUT2D eigenvalue weighted by Gasteiger charge is -2.33. The first-order valence-electron chi connectivity index (χ1n) is 13.0. The van der Waals surface area contributed by atoms with Crippen molar-refractivity contribution >= 4 is 33.2 Å². The second kappa shape index (κ2) is 13.8. The van der Waals surface area contributed by atoms with Crippen LogP contribution in [0.5, 0.6) is 5.75 Å². The molecule has 0 saturated carbocycles. The number of carbonyl (C=O) groups excluding carboxylic acids is 2. The molecule has 0 bridgehead atoms. The lowest BCUT2D eigenvalue weighted by atomic mass is 10.1. The summed E-state index contributed by atoms with van der Waals surface area (Å²) >= 11 is 0. The van der Waals surface area contributed by atoms with Gasteiger partial charge in [0.25, 0.3) is 15.7 Å². The first-order valence-corrected chi connectivity index (χ1v) is 14.5. The fraction of sp³-hybridized carbons (Fsp3) is 0.310. The van der Waals surface area contributed by atoms with E-state index >= 15 is 0 Å². The predicted molar refractivity (Wildman–Crippen MR) is 155 cm³/mol. The molecule has 0 saturated heterocycles. The predicted octanol–water partition coefficient (Wildman–Crippen LogP) is 4.13. The summed E-state index contributed by atoms with van der Waals surface area (Å²) in [6.07, 6.45) is 0.275. The van der Waals surface area contributed by atoms with E-state index in [4.69, 9.17) is 4.74 Å². The van der Waals surface area contributed by atoms with Crippen LogP contribution in [0, 0.1) is 10.1 Å². The van der Waals surface area contributed by atoms with Crippen molar-refractivity contribution in [2.75, 3.05) is 18.0 Å². The Morgan fingerprint density at radius 2 is 1.66 bits per heavy atom. The normalized spacial score (nSPS) is 11.9. The zero-order chi connectivity index (χ0) is 30.2. The van der Waals surface area contributed by atoms with Gasteiger partial charge in [-0.1, -0.05) is 37.3 Å². The van der Waals surface area contributed by atoms with Gasteiger partial charge in [0.2, 0.25) is 11.8 Å². The highest BCUT2D eigenvalue weighted by atomic mass is 32.2. The molecule has 0 aromatic heterocycles. The highest BCUT2D eigenvalue weighted by Gasteiger charge is 2.34. The van der Waals surface area contributed by atoms with Crippen molar-refractivity contribution in [2.45, 2.75) is 50.7 Å². The van der Waals surface area contributed by atoms with Crippen molar-refractivity contribution in [3.63, 3.8) is 0 Å². The number of non-ortho nitro benzene ring substituents is 1. The van der Waals surface area contributed by atoms with E-state index in [0.29, 0.717) is 11.3 Å². The molecule has 218 valence electrons. The molecule has 41 heavy (non-hydrogen) atoms. The highest BCUT2D eigenvalue weighted by Crippen LogP contribution is 2.27. The molecule has 11 nitrogen and oxygen atoms in total. The minimum atomic E-state index is -4.28. The number of nitrogens with zero attached hydrogens (tertiary/aromatic N) is 3. The highest BCUT2D eigenvalue weighted by molar-refractivity contribution is 7.92. The third kappa shape index (κ3) is 7.82. The van der Waals surface area contributed by atoms with E-state index in [1.165, 1.54) is 48.4 Å². The molecule has 0 aliphatic carbocycles. The summed E-state index contributed by atoms with van der Waals surface area (Å²) in [4.78, 5) is 39.1. The number of nitro benzene ring substituents is 1. The number of nitro groups is 1. The second-order valence-corrected chi connectivity index (χ2v) is 11.4. The molecule has 0 aliphatic heterocycles. The van der Waals surface area contributed by atoms with Gasteiger partial charge in [-0.25, -0.2) is 8.42 Å². The van der Waals surface area contributed by atoms with Gasteiger partial charge in [0.15, 0.2) is 0 Å². The molecule has 0 radical (unpaired) electrons. The summed E-state index contributed by atoms with van der Waals surface area (Å²) in [6.45, 7) is 4.75. The molecule has 0 unspecified atom stereocenters. The van der Waals surface area contributed by atoms with Gasteiger partial charge < -0.3 is 15.0 Å². The molecule has 1 atom stereocenters. The summed E-state index contributed by atoms with van der Waals surface area (Å²) in [5.74, 6) is -0.434. The van der Waals surface area contributed by atoms with Crippen LogP contribution in [0.4, 0.5) is 11.4 Å². The van der Waals surface area contributed by atoms with Crippen LogP contribution >= 0.6 is 0 Å². The number of hydrogen-bond donors (Lipinski definition) is 1. The van der Waals surface area contributed by atoms with Crippen LogP contribution in [0.25, 0.3) is 0 Å². The lowest BCUT2D eigenvalue weighted by Crippen LogP contribution is -2.53. The largest absolute Gasteiger partial charge is 0.497 e. The zero-order valence-corrected chi connectivity index (χ0v) is 24.2. The van der Waals surface area contributed by atoms with Gasteiger partial charge in [-0.2, -0.15) is 0 Å². The van der Waals surface area contributed by atoms with Gasteiger partial charge in [-0.15, -0.1) is 0 Å². The Balaban J connectivity index is 2.08. The van der Waals surface area contributed by atoms with Crippen LogP contribution in [0.2, 0.25) is 0 Å². The third-order valence-electron chi connectivity index (χ3n) is 6.26. The number of benzene rings is 3. The Morgan fingerprint density at radius 1 is 1.00 bits per heavy atom. The van der Waals surface area contributed by atoms with Gasteiger partial charge in [-0.3, -0.25) is 24.0 Å². The molecule has 2 amide bonds. The summed E-state index contributed by atoms with van der Waals surface area (Å²) in [5.41, 5.74) is 0.517. The Kier molecular flexibility index (Phi) is 10.4. The smallest absolute Gasteiger partial charge is 0.269 e. The first-order chi connectivity index (χ1) is 19.5. The van der Waals surface area contributed by atoms with Crippen molar-refractivity contribution in [1.82, 2.24) is 10.2 Å². The van der Waals surface area contributed by atoms with E-state index in [9.17, 15) is 28.1 Å². The second-order valence-electron chi connectivity index (χ2n) is 9.56. The van der Waals surface area contributed by atoms with E-state index in [1.807, 2.05) is 13.8 Å². The summed E-state index contributed by atoms with van der Waals surface area (Å²) in [5, 5.41) is 14.0. The van der Waals surface area contributed by atoms with Crippen molar-refractivity contribution in [1.29, 1.82) is 0 Å². The van der Waals surface area contributed by atoms with Gasteiger partial charge in [0, 0.05) is 24.7 Å². The van der Waals surface area contributed by atoms with Crippen LogP contribution in [0.3, 0.4) is 0 Å². The van der Waals surface area contributed by atoms with Crippen molar-refractivity contribution in [3.8, 4) is 5.75 Å². The number of carbonyl (C=O) groups is 2. The molecule has 0 aliphatic rings. The average molecular weight is 583 g/mol. The molecule has 3 aromatic rings. The Labute approximate surface area is 239 Å².